The van der Waals surface area contributed by atoms with Crippen molar-refractivity contribution in [2.75, 3.05) is 5.32 Å². The summed E-state index contributed by atoms with van der Waals surface area (Å²) in [4.78, 5) is 24.1. The lowest BCUT2D eigenvalue weighted by Crippen LogP contribution is -2.24. The zero-order valence-corrected chi connectivity index (χ0v) is 21.6. The van der Waals surface area contributed by atoms with Gasteiger partial charge in [-0.1, -0.05) is 35.3 Å². The van der Waals surface area contributed by atoms with E-state index in [1.807, 2.05) is 32.0 Å². The Morgan fingerprint density at radius 2 is 1.76 bits per heavy atom. The molecule has 0 atom stereocenters. The van der Waals surface area contributed by atoms with Crippen molar-refractivity contribution in [2.45, 2.75) is 26.9 Å². The molecule has 0 heterocycles. The van der Waals surface area contributed by atoms with Gasteiger partial charge in [-0.15, -0.1) is 0 Å². The van der Waals surface area contributed by atoms with E-state index in [1.165, 1.54) is 6.21 Å². The molecule has 0 radical (unpaired) electrons. The van der Waals surface area contributed by atoms with Gasteiger partial charge in [0.25, 0.3) is 0 Å². The van der Waals surface area contributed by atoms with Gasteiger partial charge < -0.3 is 10.1 Å². The van der Waals surface area contributed by atoms with Crippen molar-refractivity contribution in [1.29, 1.82) is 0 Å². The Hall–Kier alpha value is -2.87. The summed E-state index contributed by atoms with van der Waals surface area (Å²) in [6.45, 7) is 4.27. The molecule has 2 amide bonds. The minimum absolute atomic E-state index is 0.323. The number of nitrogens with zero attached hydrogens (tertiary/aromatic N) is 1. The third kappa shape index (κ3) is 7.58. The first-order chi connectivity index (χ1) is 16.2. The number of hydrazone groups is 1. The van der Waals surface area contributed by atoms with Crippen LogP contribution < -0.4 is 15.5 Å². The van der Waals surface area contributed by atoms with Gasteiger partial charge in [0.15, 0.2) is 0 Å². The molecule has 0 aliphatic carbocycles. The fourth-order valence-electron chi connectivity index (χ4n) is 2.89. The lowest BCUT2D eigenvalue weighted by molar-refractivity contribution is -0.126. The molecule has 0 spiro atoms. The van der Waals surface area contributed by atoms with Gasteiger partial charge in [0.05, 0.1) is 20.7 Å². The average molecular weight is 563 g/mol. The maximum atomic E-state index is 12.1. The van der Waals surface area contributed by atoms with Crippen LogP contribution in [0.15, 0.2) is 64.2 Å². The van der Waals surface area contributed by atoms with Gasteiger partial charge in [0.2, 0.25) is 11.8 Å². The highest BCUT2D eigenvalue weighted by Crippen LogP contribution is 2.28. The van der Waals surface area contributed by atoms with Gasteiger partial charge in [0, 0.05) is 5.69 Å². The van der Waals surface area contributed by atoms with Crippen molar-refractivity contribution < 1.29 is 14.3 Å². The fraction of sp³-hybridized carbons (Fsp3) is 0.160. The topological polar surface area (TPSA) is 79.8 Å². The van der Waals surface area contributed by atoms with Crippen LogP contribution in [-0.4, -0.2) is 18.0 Å². The SMILES string of the molecule is Cc1ccc(NC(=O)CC(=O)NN=Cc2ccc(OCc3ccc(Cl)c(Cl)c3)c(Br)c2)cc1C. The summed E-state index contributed by atoms with van der Waals surface area (Å²) < 4.78 is 6.53. The Morgan fingerprint density at radius 3 is 2.47 bits per heavy atom. The van der Waals surface area contributed by atoms with Gasteiger partial charge >= 0.3 is 0 Å². The number of halogens is 3. The van der Waals surface area contributed by atoms with Gasteiger partial charge in [-0.2, -0.15) is 5.10 Å². The summed E-state index contributed by atoms with van der Waals surface area (Å²) in [5.74, 6) is -0.296. The highest BCUT2D eigenvalue weighted by molar-refractivity contribution is 9.10. The first-order valence-corrected chi connectivity index (χ1v) is 11.8. The summed E-state index contributed by atoms with van der Waals surface area (Å²) in [7, 11) is 0. The molecular formula is C25H22BrCl2N3O3. The van der Waals surface area contributed by atoms with Crippen molar-refractivity contribution in [1.82, 2.24) is 5.43 Å². The van der Waals surface area contributed by atoms with Gasteiger partial charge in [0.1, 0.15) is 18.8 Å². The van der Waals surface area contributed by atoms with E-state index in [4.69, 9.17) is 27.9 Å². The Bertz CT molecular complexity index is 1250. The molecule has 0 saturated heterocycles. The Kier molecular flexibility index (Phi) is 9.10. The Morgan fingerprint density at radius 1 is 0.971 bits per heavy atom. The van der Waals surface area contributed by atoms with Crippen molar-refractivity contribution in [3.8, 4) is 5.75 Å². The predicted octanol–water partition coefficient (Wildman–Crippen LogP) is 6.43. The first-order valence-electron chi connectivity index (χ1n) is 10.3. The monoisotopic (exact) mass is 561 g/mol. The number of amides is 2. The zero-order chi connectivity index (χ0) is 24.7. The lowest BCUT2D eigenvalue weighted by atomic mass is 10.1. The van der Waals surface area contributed by atoms with Crippen molar-refractivity contribution in [3.05, 3.63) is 91.4 Å². The third-order valence-corrected chi connectivity index (χ3v) is 6.21. The lowest BCUT2D eigenvalue weighted by Gasteiger charge is -2.09. The van der Waals surface area contributed by atoms with E-state index < -0.39 is 11.8 Å². The zero-order valence-electron chi connectivity index (χ0n) is 18.5. The molecule has 0 saturated carbocycles. The first kappa shape index (κ1) is 25.7. The smallest absolute Gasteiger partial charge is 0.249 e. The van der Waals surface area contributed by atoms with Crippen LogP contribution in [0.1, 0.15) is 28.7 Å². The van der Waals surface area contributed by atoms with E-state index in [1.54, 1.807) is 36.4 Å². The predicted molar refractivity (Wildman–Crippen MR) is 140 cm³/mol. The highest BCUT2D eigenvalue weighted by atomic mass is 79.9. The van der Waals surface area contributed by atoms with Gasteiger partial charge in [-0.05, 0) is 94.5 Å². The molecule has 9 heteroatoms. The number of rotatable bonds is 8. The maximum Gasteiger partial charge on any atom is 0.249 e. The van der Waals surface area contributed by atoms with E-state index in [2.05, 4.69) is 31.8 Å². The number of hydrogen-bond donors (Lipinski definition) is 2. The minimum atomic E-state index is -0.516. The van der Waals surface area contributed by atoms with E-state index >= 15 is 0 Å². The molecule has 0 aliphatic heterocycles. The summed E-state index contributed by atoms with van der Waals surface area (Å²) in [5, 5.41) is 7.58. The molecule has 0 bridgehead atoms. The molecule has 0 unspecified atom stereocenters. The number of nitrogens with one attached hydrogen (secondary N) is 2. The maximum absolute atomic E-state index is 12.1. The summed E-state index contributed by atoms with van der Waals surface area (Å²) in [5.41, 5.74) is 6.81. The second kappa shape index (κ2) is 12.0. The molecule has 34 heavy (non-hydrogen) atoms. The Labute approximate surface area is 216 Å². The molecule has 2 N–H and O–H groups in total. The van der Waals surface area contributed by atoms with Crippen LogP contribution in [0.2, 0.25) is 10.0 Å². The van der Waals surface area contributed by atoms with Crippen LogP contribution in [0.25, 0.3) is 0 Å². The second-order valence-electron chi connectivity index (χ2n) is 7.54. The number of aryl methyl sites for hydroxylation is 2. The number of hydrogen-bond acceptors (Lipinski definition) is 4. The van der Waals surface area contributed by atoms with Crippen LogP contribution in [0.3, 0.4) is 0 Å². The van der Waals surface area contributed by atoms with Crippen LogP contribution in [-0.2, 0) is 16.2 Å². The summed E-state index contributed by atoms with van der Waals surface area (Å²) in [6.07, 6.45) is 1.14. The fourth-order valence-corrected chi connectivity index (χ4v) is 3.73. The van der Waals surface area contributed by atoms with E-state index in [0.29, 0.717) is 28.1 Å². The van der Waals surface area contributed by atoms with Gasteiger partial charge in [-0.3, -0.25) is 9.59 Å². The molecule has 0 aromatic heterocycles. The number of anilines is 1. The minimum Gasteiger partial charge on any atom is -0.488 e. The average Bonchev–Trinajstić information content (AvgIpc) is 2.78. The van der Waals surface area contributed by atoms with Crippen molar-refractivity contribution >= 4 is 62.8 Å². The van der Waals surface area contributed by atoms with E-state index in [9.17, 15) is 9.59 Å². The second-order valence-corrected chi connectivity index (χ2v) is 9.21. The standard InChI is InChI=1S/C25H22BrCl2N3O3/c1-15-3-6-19(9-16(15)2)30-24(32)12-25(33)31-29-13-17-5-8-23(20(26)10-17)34-14-18-4-7-21(27)22(28)11-18/h3-11,13H,12,14H2,1-2H3,(H,30,32)(H,31,33). The van der Waals surface area contributed by atoms with Crippen LogP contribution in [0, 0.1) is 13.8 Å². The van der Waals surface area contributed by atoms with Crippen molar-refractivity contribution in [3.63, 3.8) is 0 Å². The summed E-state index contributed by atoms with van der Waals surface area (Å²) >= 11 is 15.4. The van der Waals surface area contributed by atoms with Crippen LogP contribution in [0.4, 0.5) is 5.69 Å². The largest absolute Gasteiger partial charge is 0.488 e. The molecule has 176 valence electrons. The Balaban J connectivity index is 1.48. The number of ether oxygens (including phenoxy) is 1. The molecule has 3 aromatic rings. The molecule has 3 aromatic carbocycles. The quantitative estimate of drug-likeness (QED) is 0.188. The molecule has 0 fully saturated rings. The normalized spacial score (nSPS) is 10.9. The van der Waals surface area contributed by atoms with Crippen LogP contribution >= 0.6 is 39.1 Å². The van der Waals surface area contributed by atoms with E-state index in [0.717, 1.165) is 26.7 Å². The highest BCUT2D eigenvalue weighted by Gasteiger charge is 2.10. The third-order valence-electron chi connectivity index (χ3n) is 4.85. The molecule has 6 nitrogen and oxygen atoms in total. The molecular weight excluding hydrogens is 541 g/mol. The van der Waals surface area contributed by atoms with Crippen LogP contribution in [0.5, 0.6) is 5.75 Å². The molecule has 0 aliphatic rings. The van der Waals surface area contributed by atoms with E-state index in [-0.39, 0.29) is 6.42 Å². The number of carbonyl (C=O) groups is 2. The number of carbonyl (C=O) groups excluding carboxylic acids is 2. The molecule has 3 rings (SSSR count). The summed E-state index contributed by atoms with van der Waals surface area (Å²) in [6, 6.07) is 16.3. The van der Waals surface area contributed by atoms with Crippen molar-refractivity contribution in [2.24, 2.45) is 5.10 Å². The van der Waals surface area contributed by atoms with Gasteiger partial charge in [-0.25, -0.2) is 5.43 Å². The number of benzene rings is 3.